The molecule has 18 heavy (non-hydrogen) atoms. The van der Waals surface area contributed by atoms with Crippen molar-refractivity contribution >= 4 is 0 Å². The van der Waals surface area contributed by atoms with Gasteiger partial charge in [-0.15, -0.1) is 0 Å². The van der Waals surface area contributed by atoms with Gasteiger partial charge in [0.15, 0.2) is 0 Å². The second kappa shape index (κ2) is 6.26. The monoisotopic (exact) mass is 245 g/mol. The highest BCUT2D eigenvalue weighted by Crippen LogP contribution is 2.13. The van der Waals surface area contributed by atoms with Crippen LogP contribution in [-0.2, 0) is 0 Å². The molecule has 2 aromatic rings. The van der Waals surface area contributed by atoms with Crippen molar-refractivity contribution in [3.05, 3.63) is 54.0 Å². The first-order valence-electron chi connectivity index (χ1n) is 6.22. The number of hydrogen-bond acceptors (Lipinski definition) is 3. The molecule has 0 bridgehead atoms. The zero-order valence-corrected chi connectivity index (χ0v) is 10.8. The number of ether oxygens (including phenoxy) is 1. The quantitative estimate of drug-likeness (QED) is 0.793. The van der Waals surface area contributed by atoms with Gasteiger partial charge in [0.05, 0.1) is 12.3 Å². The van der Waals surface area contributed by atoms with Crippen LogP contribution in [0.3, 0.4) is 0 Å². The first kappa shape index (κ1) is 12.7. The van der Waals surface area contributed by atoms with E-state index in [1.54, 1.807) is 6.26 Å². The van der Waals surface area contributed by atoms with E-state index in [0.29, 0.717) is 6.61 Å². The van der Waals surface area contributed by atoms with Crippen LogP contribution in [0.25, 0.3) is 0 Å². The molecule has 3 heteroatoms. The molecule has 3 nitrogen and oxygen atoms in total. The minimum atomic E-state index is 0.209. The van der Waals surface area contributed by atoms with Crippen LogP contribution in [-0.4, -0.2) is 13.2 Å². The summed E-state index contributed by atoms with van der Waals surface area (Å²) in [6, 6.07) is 12.2. The van der Waals surface area contributed by atoms with E-state index in [-0.39, 0.29) is 6.04 Å². The largest absolute Gasteiger partial charge is 0.492 e. The zero-order valence-electron chi connectivity index (χ0n) is 10.8. The Kier molecular flexibility index (Phi) is 4.42. The molecular weight excluding hydrogens is 226 g/mol. The average Bonchev–Trinajstić information content (AvgIpc) is 2.88. The Bertz CT molecular complexity index is 465. The molecule has 0 saturated heterocycles. The summed E-state index contributed by atoms with van der Waals surface area (Å²) in [6.07, 6.45) is 1.69. The van der Waals surface area contributed by atoms with Crippen LogP contribution >= 0.6 is 0 Å². The standard InChI is InChI=1S/C15H19NO2/c1-12-5-3-6-14(11-12)17-10-8-16-13(2)15-7-4-9-18-15/h3-7,9,11,13,16H,8,10H2,1-2H3. The lowest BCUT2D eigenvalue weighted by Crippen LogP contribution is -2.24. The van der Waals surface area contributed by atoms with Gasteiger partial charge in [0.1, 0.15) is 18.1 Å². The first-order chi connectivity index (χ1) is 8.75. The van der Waals surface area contributed by atoms with E-state index in [4.69, 9.17) is 9.15 Å². The summed E-state index contributed by atoms with van der Waals surface area (Å²) in [6.45, 7) is 5.57. The van der Waals surface area contributed by atoms with Crippen LogP contribution in [0, 0.1) is 6.92 Å². The predicted molar refractivity (Wildman–Crippen MR) is 71.8 cm³/mol. The van der Waals surface area contributed by atoms with Gasteiger partial charge >= 0.3 is 0 Å². The molecule has 0 amide bonds. The Labute approximate surface area is 108 Å². The Hall–Kier alpha value is -1.74. The Morgan fingerprint density at radius 1 is 1.28 bits per heavy atom. The van der Waals surface area contributed by atoms with Crippen LogP contribution in [0.4, 0.5) is 0 Å². The molecule has 0 aliphatic heterocycles. The molecule has 1 unspecified atom stereocenters. The molecule has 1 N–H and O–H groups in total. The van der Waals surface area contributed by atoms with Crippen LogP contribution in [0.2, 0.25) is 0 Å². The summed E-state index contributed by atoms with van der Waals surface area (Å²) in [5.41, 5.74) is 1.21. The maximum Gasteiger partial charge on any atom is 0.120 e. The molecule has 2 rings (SSSR count). The van der Waals surface area contributed by atoms with Crippen LogP contribution in [0.15, 0.2) is 47.1 Å². The average molecular weight is 245 g/mol. The van der Waals surface area contributed by atoms with Gasteiger partial charge < -0.3 is 14.5 Å². The summed E-state index contributed by atoms with van der Waals surface area (Å²) < 4.78 is 11.0. The van der Waals surface area contributed by atoms with Crippen molar-refractivity contribution in [3.8, 4) is 5.75 Å². The highest BCUT2D eigenvalue weighted by molar-refractivity contribution is 5.27. The topological polar surface area (TPSA) is 34.4 Å². The van der Waals surface area contributed by atoms with Crippen molar-refractivity contribution in [2.75, 3.05) is 13.2 Å². The fourth-order valence-corrected chi connectivity index (χ4v) is 1.79. The molecule has 1 aromatic carbocycles. The molecule has 1 heterocycles. The van der Waals surface area contributed by atoms with Gasteiger partial charge in [0, 0.05) is 6.54 Å². The molecule has 0 aliphatic carbocycles. The summed E-state index contributed by atoms with van der Waals surface area (Å²) in [7, 11) is 0. The first-order valence-corrected chi connectivity index (χ1v) is 6.22. The van der Waals surface area contributed by atoms with E-state index in [2.05, 4.69) is 25.2 Å². The molecule has 1 atom stereocenters. The van der Waals surface area contributed by atoms with Crippen molar-refractivity contribution < 1.29 is 9.15 Å². The van der Waals surface area contributed by atoms with E-state index >= 15 is 0 Å². The number of hydrogen-bond donors (Lipinski definition) is 1. The number of furan rings is 1. The maximum atomic E-state index is 5.66. The fourth-order valence-electron chi connectivity index (χ4n) is 1.79. The molecule has 0 fully saturated rings. The minimum absolute atomic E-state index is 0.209. The molecular formula is C15H19NO2. The van der Waals surface area contributed by atoms with E-state index in [9.17, 15) is 0 Å². The smallest absolute Gasteiger partial charge is 0.120 e. The summed E-state index contributed by atoms with van der Waals surface area (Å²) in [4.78, 5) is 0. The van der Waals surface area contributed by atoms with Crippen molar-refractivity contribution in [2.45, 2.75) is 19.9 Å². The highest BCUT2D eigenvalue weighted by atomic mass is 16.5. The van der Waals surface area contributed by atoms with Crippen LogP contribution < -0.4 is 10.1 Å². The lowest BCUT2D eigenvalue weighted by Gasteiger charge is -2.12. The van der Waals surface area contributed by atoms with Crippen molar-refractivity contribution in [3.63, 3.8) is 0 Å². The molecule has 0 radical (unpaired) electrons. The third kappa shape index (κ3) is 3.64. The fraction of sp³-hybridized carbons (Fsp3) is 0.333. The van der Waals surface area contributed by atoms with Crippen molar-refractivity contribution in [1.82, 2.24) is 5.32 Å². The predicted octanol–water partition coefficient (Wildman–Crippen LogP) is 3.32. The number of benzene rings is 1. The lowest BCUT2D eigenvalue weighted by molar-refractivity contribution is 0.301. The molecule has 0 saturated carbocycles. The van der Waals surface area contributed by atoms with Gasteiger partial charge in [0.25, 0.3) is 0 Å². The van der Waals surface area contributed by atoms with E-state index in [1.807, 2.05) is 30.3 Å². The van der Waals surface area contributed by atoms with Crippen LogP contribution in [0.5, 0.6) is 5.75 Å². The van der Waals surface area contributed by atoms with Gasteiger partial charge in [-0.25, -0.2) is 0 Å². The number of nitrogens with one attached hydrogen (secondary N) is 1. The van der Waals surface area contributed by atoms with Crippen LogP contribution in [0.1, 0.15) is 24.3 Å². The lowest BCUT2D eigenvalue weighted by atomic mass is 10.2. The minimum Gasteiger partial charge on any atom is -0.492 e. The highest BCUT2D eigenvalue weighted by Gasteiger charge is 2.06. The molecule has 0 spiro atoms. The van der Waals surface area contributed by atoms with Gasteiger partial charge in [-0.1, -0.05) is 12.1 Å². The summed E-state index contributed by atoms with van der Waals surface area (Å²) >= 11 is 0. The SMILES string of the molecule is Cc1cccc(OCCNC(C)c2ccco2)c1. The molecule has 0 aliphatic rings. The molecule has 96 valence electrons. The van der Waals surface area contributed by atoms with E-state index in [0.717, 1.165) is 18.1 Å². The number of rotatable bonds is 6. The second-order valence-electron chi connectivity index (χ2n) is 4.36. The van der Waals surface area contributed by atoms with Gasteiger partial charge in [-0.3, -0.25) is 0 Å². The molecule has 1 aromatic heterocycles. The third-order valence-electron chi connectivity index (χ3n) is 2.78. The Balaban J connectivity index is 1.70. The second-order valence-corrected chi connectivity index (χ2v) is 4.36. The number of aryl methyl sites for hydroxylation is 1. The Morgan fingerprint density at radius 3 is 2.89 bits per heavy atom. The van der Waals surface area contributed by atoms with Gasteiger partial charge in [-0.05, 0) is 43.7 Å². The maximum absolute atomic E-state index is 5.66. The van der Waals surface area contributed by atoms with E-state index < -0.39 is 0 Å². The summed E-state index contributed by atoms with van der Waals surface area (Å²) in [5.74, 6) is 1.87. The van der Waals surface area contributed by atoms with E-state index in [1.165, 1.54) is 5.56 Å². The normalized spacial score (nSPS) is 12.3. The van der Waals surface area contributed by atoms with Gasteiger partial charge in [-0.2, -0.15) is 0 Å². The summed E-state index contributed by atoms with van der Waals surface area (Å²) in [5, 5.41) is 3.35. The van der Waals surface area contributed by atoms with Crippen molar-refractivity contribution in [2.24, 2.45) is 0 Å². The third-order valence-corrected chi connectivity index (χ3v) is 2.78. The Morgan fingerprint density at radius 2 is 2.17 bits per heavy atom. The van der Waals surface area contributed by atoms with Crippen molar-refractivity contribution in [1.29, 1.82) is 0 Å². The zero-order chi connectivity index (χ0) is 12.8. The van der Waals surface area contributed by atoms with Gasteiger partial charge in [0.2, 0.25) is 0 Å².